The Morgan fingerprint density at radius 2 is 2.00 bits per heavy atom. The molecule has 0 saturated heterocycles. The Hall–Kier alpha value is -1.23. The number of ether oxygens (including phenoxy) is 1. The first kappa shape index (κ1) is 12.8. The number of halogens is 3. The number of nitrogens with two attached hydrogens (primary N) is 1. The average Bonchev–Trinajstić information content (AvgIpc) is 2.15. The van der Waals surface area contributed by atoms with Crippen LogP contribution in [0.5, 0.6) is 5.75 Å². The summed E-state index contributed by atoms with van der Waals surface area (Å²) in [5.41, 5.74) is 5.37. The fraction of sp³-hybridized carbons (Fsp3) is 0.455. The van der Waals surface area contributed by atoms with E-state index in [4.69, 9.17) is 10.5 Å². The summed E-state index contributed by atoms with van der Waals surface area (Å²) in [4.78, 5) is 0. The number of rotatable bonds is 3. The number of alkyl halides is 3. The van der Waals surface area contributed by atoms with E-state index >= 15 is 0 Å². The Bertz CT molecular complexity index is 361. The fourth-order valence-corrected chi connectivity index (χ4v) is 1.46. The van der Waals surface area contributed by atoms with Crippen molar-refractivity contribution in [1.82, 2.24) is 0 Å². The lowest BCUT2D eigenvalue weighted by molar-refractivity contribution is -0.137. The highest BCUT2D eigenvalue weighted by Crippen LogP contribution is 2.32. The van der Waals surface area contributed by atoms with Crippen LogP contribution in [0.1, 0.15) is 18.1 Å². The molecule has 0 spiro atoms. The Morgan fingerprint density at radius 1 is 1.38 bits per heavy atom. The molecule has 0 bridgehead atoms. The summed E-state index contributed by atoms with van der Waals surface area (Å²) in [7, 11) is 1.42. The van der Waals surface area contributed by atoms with Crippen LogP contribution in [0, 0.1) is 0 Å². The van der Waals surface area contributed by atoms with Gasteiger partial charge in [0.15, 0.2) is 0 Å². The number of methoxy groups -OCH3 is 1. The van der Waals surface area contributed by atoms with Crippen molar-refractivity contribution in [3.05, 3.63) is 29.3 Å². The molecule has 16 heavy (non-hydrogen) atoms. The van der Waals surface area contributed by atoms with Crippen molar-refractivity contribution in [2.75, 3.05) is 7.11 Å². The third-order valence-corrected chi connectivity index (χ3v) is 2.15. The van der Waals surface area contributed by atoms with E-state index in [1.807, 2.05) is 0 Å². The first-order chi connectivity index (χ1) is 7.34. The maximum absolute atomic E-state index is 12.5. The highest BCUT2D eigenvalue weighted by atomic mass is 19.4. The van der Waals surface area contributed by atoms with Crippen LogP contribution in [-0.2, 0) is 12.6 Å². The topological polar surface area (TPSA) is 35.2 Å². The molecule has 2 N–H and O–H groups in total. The largest absolute Gasteiger partial charge is 0.496 e. The summed E-state index contributed by atoms with van der Waals surface area (Å²) in [5.74, 6) is 0.435. The summed E-state index contributed by atoms with van der Waals surface area (Å²) in [5, 5.41) is 0. The maximum atomic E-state index is 12.5. The molecule has 1 aromatic carbocycles. The SMILES string of the molecule is COc1ccc(C(F)(F)F)cc1C[C@@H](C)N. The lowest BCUT2D eigenvalue weighted by Gasteiger charge is -2.14. The van der Waals surface area contributed by atoms with E-state index in [1.165, 1.54) is 13.2 Å². The molecule has 0 aliphatic rings. The first-order valence-corrected chi connectivity index (χ1v) is 4.84. The summed E-state index contributed by atoms with van der Waals surface area (Å²) >= 11 is 0. The molecule has 90 valence electrons. The lowest BCUT2D eigenvalue weighted by Crippen LogP contribution is -2.18. The van der Waals surface area contributed by atoms with Gasteiger partial charge in [0, 0.05) is 6.04 Å². The minimum Gasteiger partial charge on any atom is -0.496 e. The number of hydrogen-bond donors (Lipinski definition) is 1. The zero-order valence-electron chi connectivity index (χ0n) is 9.14. The maximum Gasteiger partial charge on any atom is 0.416 e. The van der Waals surface area contributed by atoms with Gasteiger partial charge in [-0.15, -0.1) is 0 Å². The van der Waals surface area contributed by atoms with Gasteiger partial charge >= 0.3 is 6.18 Å². The van der Waals surface area contributed by atoms with Crippen LogP contribution in [0.4, 0.5) is 13.2 Å². The molecule has 1 atom stereocenters. The molecular weight excluding hydrogens is 219 g/mol. The molecule has 0 aliphatic heterocycles. The molecule has 0 aromatic heterocycles. The van der Waals surface area contributed by atoms with E-state index in [1.54, 1.807) is 6.92 Å². The van der Waals surface area contributed by atoms with E-state index in [0.29, 0.717) is 17.7 Å². The molecule has 5 heteroatoms. The van der Waals surface area contributed by atoms with Crippen LogP contribution in [0.15, 0.2) is 18.2 Å². The molecule has 0 fully saturated rings. The lowest BCUT2D eigenvalue weighted by atomic mass is 10.0. The van der Waals surface area contributed by atoms with Crippen LogP contribution < -0.4 is 10.5 Å². The second-order valence-electron chi connectivity index (χ2n) is 3.71. The van der Waals surface area contributed by atoms with Gasteiger partial charge in [0.2, 0.25) is 0 Å². The number of hydrogen-bond acceptors (Lipinski definition) is 2. The third-order valence-electron chi connectivity index (χ3n) is 2.15. The molecule has 1 aromatic rings. The van der Waals surface area contributed by atoms with E-state index < -0.39 is 11.7 Å². The summed E-state index contributed by atoms with van der Waals surface area (Å²) in [6.07, 6.45) is -3.98. The van der Waals surface area contributed by atoms with E-state index in [9.17, 15) is 13.2 Å². The monoisotopic (exact) mass is 233 g/mol. The van der Waals surface area contributed by atoms with Crippen LogP contribution >= 0.6 is 0 Å². The van der Waals surface area contributed by atoms with Gasteiger partial charge in [-0.25, -0.2) is 0 Å². The van der Waals surface area contributed by atoms with Gasteiger partial charge in [0.1, 0.15) is 5.75 Å². The van der Waals surface area contributed by atoms with Gasteiger partial charge in [-0.1, -0.05) is 0 Å². The third kappa shape index (κ3) is 3.13. The zero-order chi connectivity index (χ0) is 12.3. The number of benzene rings is 1. The van der Waals surface area contributed by atoms with Crippen LogP contribution in [0.25, 0.3) is 0 Å². The summed E-state index contributed by atoms with van der Waals surface area (Å²) in [6.45, 7) is 1.74. The zero-order valence-corrected chi connectivity index (χ0v) is 9.14. The first-order valence-electron chi connectivity index (χ1n) is 4.84. The van der Waals surface area contributed by atoms with Crippen LogP contribution in [0.3, 0.4) is 0 Å². The van der Waals surface area contributed by atoms with Gasteiger partial charge in [-0.05, 0) is 37.1 Å². The minimum absolute atomic E-state index is 0.211. The predicted molar refractivity (Wildman–Crippen MR) is 55.3 cm³/mol. The van der Waals surface area contributed by atoms with Gasteiger partial charge in [0.05, 0.1) is 12.7 Å². The molecule has 0 radical (unpaired) electrons. The normalized spacial score (nSPS) is 13.6. The molecule has 0 amide bonds. The molecule has 2 nitrogen and oxygen atoms in total. The molecule has 0 unspecified atom stereocenters. The van der Waals surface area contributed by atoms with Gasteiger partial charge in [0.25, 0.3) is 0 Å². The summed E-state index contributed by atoms with van der Waals surface area (Å²) < 4.78 is 42.4. The van der Waals surface area contributed by atoms with Gasteiger partial charge < -0.3 is 10.5 Å². The summed E-state index contributed by atoms with van der Waals surface area (Å²) in [6, 6.07) is 3.20. The molecule has 0 aliphatic carbocycles. The smallest absolute Gasteiger partial charge is 0.416 e. The Labute approximate surface area is 92.2 Å². The Morgan fingerprint density at radius 3 is 2.44 bits per heavy atom. The molecule has 0 saturated carbocycles. The van der Waals surface area contributed by atoms with Crippen molar-refractivity contribution in [2.45, 2.75) is 25.6 Å². The van der Waals surface area contributed by atoms with Crippen LogP contribution in [-0.4, -0.2) is 13.2 Å². The van der Waals surface area contributed by atoms with Crippen molar-refractivity contribution in [2.24, 2.45) is 5.73 Å². The van der Waals surface area contributed by atoms with Crippen molar-refractivity contribution < 1.29 is 17.9 Å². The van der Waals surface area contributed by atoms with E-state index in [-0.39, 0.29) is 6.04 Å². The highest BCUT2D eigenvalue weighted by Gasteiger charge is 2.31. The van der Waals surface area contributed by atoms with Crippen molar-refractivity contribution in [3.8, 4) is 5.75 Å². The standard InChI is InChI=1S/C11H14F3NO/c1-7(15)5-8-6-9(11(12,13)14)3-4-10(8)16-2/h3-4,6-7H,5,15H2,1-2H3/t7-/m1/s1. The quantitative estimate of drug-likeness (QED) is 0.870. The van der Waals surface area contributed by atoms with Crippen LogP contribution in [0.2, 0.25) is 0 Å². The van der Waals surface area contributed by atoms with Crippen molar-refractivity contribution in [1.29, 1.82) is 0 Å². The minimum atomic E-state index is -4.33. The van der Waals surface area contributed by atoms with Crippen molar-refractivity contribution >= 4 is 0 Å². The molecule has 0 heterocycles. The highest BCUT2D eigenvalue weighted by molar-refractivity contribution is 5.38. The molecule has 1 rings (SSSR count). The second kappa shape index (κ2) is 4.74. The van der Waals surface area contributed by atoms with Gasteiger partial charge in [-0.2, -0.15) is 13.2 Å². The fourth-order valence-electron chi connectivity index (χ4n) is 1.46. The average molecular weight is 233 g/mol. The van der Waals surface area contributed by atoms with Gasteiger partial charge in [-0.3, -0.25) is 0 Å². The van der Waals surface area contributed by atoms with E-state index in [2.05, 4.69) is 0 Å². The van der Waals surface area contributed by atoms with E-state index in [0.717, 1.165) is 12.1 Å². The molecular formula is C11H14F3NO. The predicted octanol–water partition coefficient (Wildman–Crippen LogP) is 2.60. The van der Waals surface area contributed by atoms with Crippen molar-refractivity contribution in [3.63, 3.8) is 0 Å². The Kier molecular flexibility index (Phi) is 3.80. The Balaban J connectivity index is 3.11. The second-order valence-corrected chi connectivity index (χ2v) is 3.71.